The molecular formula is C8H14N2. The van der Waals surface area contributed by atoms with Crippen molar-refractivity contribution >= 4 is 11.9 Å². The topological polar surface area (TPSA) is 36.2 Å². The molecule has 1 aliphatic heterocycles. The molecule has 2 nitrogen and oxygen atoms in total. The van der Waals surface area contributed by atoms with Crippen molar-refractivity contribution in [3.8, 4) is 0 Å². The second-order valence-electron chi connectivity index (χ2n) is 2.73. The van der Waals surface area contributed by atoms with Gasteiger partial charge < -0.3 is 5.41 Å². The minimum atomic E-state index is 0.639. The highest BCUT2D eigenvalue weighted by molar-refractivity contribution is 5.84. The highest BCUT2D eigenvalue weighted by Crippen LogP contribution is 2.04. The fourth-order valence-electron chi connectivity index (χ4n) is 1.10. The Bertz CT molecular complexity index is 138. The average molecular weight is 138 g/mol. The molecule has 0 spiro atoms. The largest absolute Gasteiger partial charge is 0.308 e. The van der Waals surface area contributed by atoms with Gasteiger partial charge in [-0.2, -0.15) is 0 Å². The Kier molecular flexibility index (Phi) is 3.13. The first-order valence-corrected chi connectivity index (χ1v) is 3.94. The molecule has 10 heavy (non-hydrogen) atoms. The molecule has 56 valence electrons. The molecule has 1 heterocycles. The molecule has 0 bridgehead atoms. The zero-order valence-corrected chi connectivity index (χ0v) is 6.27. The lowest BCUT2D eigenvalue weighted by Crippen LogP contribution is -1.99. The van der Waals surface area contributed by atoms with Crippen molar-refractivity contribution < 1.29 is 0 Å². The van der Waals surface area contributed by atoms with E-state index in [1.165, 1.54) is 19.3 Å². The summed E-state index contributed by atoms with van der Waals surface area (Å²) in [5.74, 6) is 0. The van der Waals surface area contributed by atoms with Gasteiger partial charge in [0.15, 0.2) is 0 Å². The lowest BCUT2D eigenvalue weighted by molar-refractivity contribution is 0.721. The van der Waals surface area contributed by atoms with Gasteiger partial charge in [0.05, 0.1) is 6.54 Å². The van der Waals surface area contributed by atoms with E-state index in [-0.39, 0.29) is 0 Å². The number of aliphatic imine (C=N–C) groups is 1. The SMILES string of the molecule is N=C1CCCCC/C=N\C1. The van der Waals surface area contributed by atoms with Crippen LogP contribution in [0.1, 0.15) is 32.1 Å². The van der Waals surface area contributed by atoms with Crippen LogP contribution < -0.4 is 0 Å². The molecular weight excluding hydrogens is 124 g/mol. The molecule has 0 aromatic heterocycles. The molecule has 0 aromatic carbocycles. The van der Waals surface area contributed by atoms with Crippen molar-refractivity contribution in [2.45, 2.75) is 32.1 Å². The van der Waals surface area contributed by atoms with Crippen LogP contribution in [0.25, 0.3) is 0 Å². The molecule has 0 saturated heterocycles. The van der Waals surface area contributed by atoms with Crippen LogP contribution in [0.15, 0.2) is 4.99 Å². The van der Waals surface area contributed by atoms with Gasteiger partial charge in [0.25, 0.3) is 0 Å². The molecule has 1 N–H and O–H groups in total. The predicted octanol–water partition coefficient (Wildman–Crippen LogP) is 2.04. The maximum absolute atomic E-state index is 7.41. The van der Waals surface area contributed by atoms with Crippen molar-refractivity contribution in [2.75, 3.05) is 6.54 Å². The van der Waals surface area contributed by atoms with Gasteiger partial charge in [0, 0.05) is 5.71 Å². The maximum atomic E-state index is 7.41. The average Bonchev–Trinajstić information content (AvgIpc) is 2.02. The summed E-state index contributed by atoms with van der Waals surface area (Å²) in [6.07, 6.45) is 7.71. The van der Waals surface area contributed by atoms with Gasteiger partial charge in [0.1, 0.15) is 0 Å². The van der Waals surface area contributed by atoms with Crippen LogP contribution in [0.2, 0.25) is 0 Å². The lowest BCUT2D eigenvalue weighted by Gasteiger charge is -1.96. The third-order valence-electron chi connectivity index (χ3n) is 1.72. The van der Waals surface area contributed by atoms with Crippen LogP contribution in [0.5, 0.6) is 0 Å². The Morgan fingerprint density at radius 1 is 1.30 bits per heavy atom. The van der Waals surface area contributed by atoms with Crippen molar-refractivity contribution in [3.05, 3.63) is 0 Å². The highest BCUT2D eigenvalue weighted by atomic mass is 14.7. The summed E-state index contributed by atoms with van der Waals surface area (Å²) in [5.41, 5.74) is 0.790. The Hall–Kier alpha value is -0.660. The zero-order chi connectivity index (χ0) is 7.23. The molecule has 0 amide bonds. The molecule has 0 aromatic rings. The number of hydrogen-bond donors (Lipinski definition) is 1. The van der Waals surface area contributed by atoms with Gasteiger partial charge in [-0.3, -0.25) is 4.99 Å². The van der Waals surface area contributed by atoms with Gasteiger partial charge in [-0.25, -0.2) is 0 Å². The smallest absolute Gasteiger partial charge is 0.0761 e. The van der Waals surface area contributed by atoms with E-state index in [4.69, 9.17) is 5.41 Å². The van der Waals surface area contributed by atoms with Crippen LogP contribution >= 0.6 is 0 Å². The van der Waals surface area contributed by atoms with Crippen LogP contribution in [0, 0.1) is 5.41 Å². The summed E-state index contributed by atoms with van der Waals surface area (Å²) in [4.78, 5) is 4.12. The number of nitrogens with zero attached hydrogens (tertiary/aromatic N) is 1. The van der Waals surface area contributed by atoms with Gasteiger partial charge in [-0.15, -0.1) is 0 Å². The van der Waals surface area contributed by atoms with Crippen molar-refractivity contribution in [1.82, 2.24) is 0 Å². The predicted molar refractivity (Wildman–Crippen MR) is 44.2 cm³/mol. The van der Waals surface area contributed by atoms with Crippen LogP contribution in [0.4, 0.5) is 0 Å². The normalized spacial score (nSPS) is 24.6. The van der Waals surface area contributed by atoms with Crippen molar-refractivity contribution in [3.63, 3.8) is 0 Å². The second-order valence-corrected chi connectivity index (χ2v) is 2.73. The third-order valence-corrected chi connectivity index (χ3v) is 1.72. The standard InChI is InChI=1S/C8H14N2/c9-8-5-3-1-2-4-6-10-7-8/h6,9H,1-5,7H2/b9-8?,10-6-. The zero-order valence-electron chi connectivity index (χ0n) is 6.27. The maximum Gasteiger partial charge on any atom is 0.0761 e. The monoisotopic (exact) mass is 138 g/mol. The van der Waals surface area contributed by atoms with Gasteiger partial charge >= 0.3 is 0 Å². The third kappa shape index (κ3) is 2.76. The molecule has 1 rings (SSSR count). The van der Waals surface area contributed by atoms with E-state index in [1.54, 1.807) is 0 Å². The molecule has 0 aliphatic carbocycles. The first-order chi connectivity index (χ1) is 4.89. The van der Waals surface area contributed by atoms with Crippen molar-refractivity contribution in [2.24, 2.45) is 4.99 Å². The molecule has 1 aliphatic rings. The Morgan fingerprint density at radius 3 is 3.10 bits per heavy atom. The van der Waals surface area contributed by atoms with Gasteiger partial charge in [-0.1, -0.05) is 6.42 Å². The number of rotatable bonds is 0. The summed E-state index contributed by atoms with van der Waals surface area (Å²) in [6.45, 7) is 0.639. The Balaban J connectivity index is 2.33. The molecule has 0 saturated carbocycles. The van der Waals surface area contributed by atoms with Crippen LogP contribution in [0.3, 0.4) is 0 Å². The van der Waals surface area contributed by atoms with Crippen LogP contribution in [-0.2, 0) is 0 Å². The minimum absolute atomic E-state index is 0.639. The fraction of sp³-hybridized carbons (Fsp3) is 0.750. The molecule has 0 unspecified atom stereocenters. The summed E-state index contributed by atoms with van der Waals surface area (Å²) >= 11 is 0. The summed E-state index contributed by atoms with van der Waals surface area (Å²) in [7, 11) is 0. The van der Waals surface area contributed by atoms with E-state index in [9.17, 15) is 0 Å². The molecule has 0 atom stereocenters. The summed E-state index contributed by atoms with van der Waals surface area (Å²) in [6, 6.07) is 0. The fourth-order valence-corrected chi connectivity index (χ4v) is 1.10. The quantitative estimate of drug-likeness (QED) is 0.532. The van der Waals surface area contributed by atoms with E-state index in [1.807, 2.05) is 6.21 Å². The first kappa shape index (κ1) is 7.45. The van der Waals surface area contributed by atoms with Crippen molar-refractivity contribution in [1.29, 1.82) is 5.41 Å². The number of hydrogen-bond acceptors (Lipinski definition) is 2. The van der Waals surface area contributed by atoms with E-state index >= 15 is 0 Å². The number of nitrogens with one attached hydrogen (secondary N) is 1. The lowest BCUT2D eigenvalue weighted by atomic mass is 10.1. The summed E-state index contributed by atoms with van der Waals surface area (Å²) in [5, 5.41) is 7.41. The molecule has 2 heteroatoms. The van der Waals surface area contributed by atoms with E-state index in [0.717, 1.165) is 18.6 Å². The molecule has 0 fully saturated rings. The van der Waals surface area contributed by atoms with E-state index in [2.05, 4.69) is 4.99 Å². The van der Waals surface area contributed by atoms with Crippen LogP contribution in [-0.4, -0.2) is 18.5 Å². The first-order valence-electron chi connectivity index (χ1n) is 3.94. The van der Waals surface area contributed by atoms with E-state index in [0.29, 0.717) is 6.54 Å². The molecule has 0 radical (unpaired) electrons. The summed E-state index contributed by atoms with van der Waals surface area (Å²) < 4.78 is 0. The van der Waals surface area contributed by atoms with Gasteiger partial charge in [0.2, 0.25) is 0 Å². The Labute approximate surface area is 61.9 Å². The van der Waals surface area contributed by atoms with Gasteiger partial charge in [-0.05, 0) is 31.9 Å². The minimum Gasteiger partial charge on any atom is -0.308 e. The second kappa shape index (κ2) is 4.20. The highest BCUT2D eigenvalue weighted by Gasteiger charge is 1.97. The Morgan fingerprint density at radius 2 is 2.20 bits per heavy atom. The van der Waals surface area contributed by atoms with E-state index < -0.39 is 0 Å².